The van der Waals surface area contributed by atoms with Gasteiger partial charge in [0.2, 0.25) is 0 Å². The zero-order valence-corrected chi connectivity index (χ0v) is 17.6. The van der Waals surface area contributed by atoms with Crippen LogP contribution in [-0.4, -0.2) is 32.4 Å². The van der Waals surface area contributed by atoms with Crippen molar-refractivity contribution in [1.29, 1.82) is 0 Å². The lowest BCUT2D eigenvalue weighted by Gasteiger charge is -2.14. The summed E-state index contributed by atoms with van der Waals surface area (Å²) >= 11 is 6.29. The number of amides is 1. The number of benzene rings is 1. The van der Waals surface area contributed by atoms with Crippen LogP contribution < -0.4 is 15.8 Å². The van der Waals surface area contributed by atoms with Crippen molar-refractivity contribution in [2.75, 3.05) is 18.2 Å². The van der Waals surface area contributed by atoms with Crippen LogP contribution in [0.25, 0.3) is 16.8 Å². The van der Waals surface area contributed by atoms with Gasteiger partial charge in [0.15, 0.2) is 5.82 Å². The van der Waals surface area contributed by atoms with Crippen LogP contribution in [0.3, 0.4) is 0 Å². The summed E-state index contributed by atoms with van der Waals surface area (Å²) < 4.78 is 9.05. The van der Waals surface area contributed by atoms with E-state index in [9.17, 15) is 4.79 Å². The lowest BCUT2D eigenvalue weighted by atomic mass is 10.1. The number of nitrogens with one attached hydrogen (secondary N) is 1. The Bertz CT molecular complexity index is 1290. The van der Waals surface area contributed by atoms with Gasteiger partial charge in [0.1, 0.15) is 11.3 Å². The Balaban J connectivity index is 1.58. The van der Waals surface area contributed by atoms with Crippen molar-refractivity contribution in [3.05, 3.63) is 59.4 Å². The zero-order chi connectivity index (χ0) is 21.5. The largest absolute Gasteiger partial charge is 0.496 e. The number of nitrogens with zero attached hydrogens (tertiary/aromatic N) is 4. The molecule has 5 rings (SSSR count). The number of rotatable bonds is 6. The first kappa shape index (κ1) is 19.4. The Labute approximate surface area is 183 Å². The molecule has 0 aliphatic heterocycles. The van der Waals surface area contributed by atoms with Crippen molar-refractivity contribution in [1.82, 2.24) is 19.4 Å². The molecular formula is C22H21ClN6O2. The highest BCUT2D eigenvalue weighted by Crippen LogP contribution is 2.39. The quantitative estimate of drug-likeness (QED) is 0.474. The van der Waals surface area contributed by atoms with Crippen LogP contribution in [0.2, 0.25) is 5.02 Å². The van der Waals surface area contributed by atoms with E-state index in [2.05, 4.69) is 15.5 Å². The Morgan fingerprint density at radius 1 is 1.32 bits per heavy atom. The molecule has 158 valence electrons. The van der Waals surface area contributed by atoms with E-state index in [0.717, 1.165) is 17.8 Å². The lowest BCUT2D eigenvalue weighted by molar-refractivity contribution is 0.102. The second-order valence-electron chi connectivity index (χ2n) is 7.62. The first-order chi connectivity index (χ1) is 15.0. The minimum atomic E-state index is -0.355. The predicted molar refractivity (Wildman–Crippen MR) is 120 cm³/mol. The predicted octanol–water partition coefficient (Wildman–Crippen LogP) is 4.10. The number of methoxy groups -OCH3 is 1. The Hall–Kier alpha value is -3.52. The third-order valence-corrected chi connectivity index (χ3v) is 5.66. The van der Waals surface area contributed by atoms with Gasteiger partial charge in [-0.2, -0.15) is 5.10 Å². The summed E-state index contributed by atoms with van der Waals surface area (Å²) in [6.45, 7) is 0.764. The van der Waals surface area contributed by atoms with Gasteiger partial charge in [-0.3, -0.25) is 9.48 Å². The van der Waals surface area contributed by atoms with Gasteiger partial charge >= 0.3 is 0 Å². The molecule has 1 aliphatic rings. The highest BCUT2D eigenvalue weighted by atomic mass is 35.5. The van der Waals surface area contributed by atoms with Gasteiger partial charge in [0, 0.05) is 23.3 Å². The maximum Gasteiger partial charge on any atom is 0.261 e. The molecule has 9 heteroatoms. The third-order valence-electron chi connectivity index (χ3n) is 5.43. The summed E-state index contributed by atoms with van der Waals surface area (Å²) in [4.78, 5) is 13.2. The van der Waals surface area contributed by atoms with E-state index in [1.807, 2.05) is 22.9 Å². The van der Waals surface area contributed by atoms with Crippen molar-refractivity contribution in [3.63, 3.8) is 0 Å². The maximum absolute atomic E-state index is 13.2. The number of ether oxygens (including phenoxy) is 1. The van der Waals surface area contributed by atoms with E-state index in [0.29, 0.717) is 33.5 Å². The Morgan fingerprint density at radius 2 is 2.16 bits per heavy atom. The van der Waals surface area contributed by atoms with Crippen LogP contribution in [0.4, 0.5) is 11.5 Å². The molecule has 0 spiro atoms. The molecule has 0 atom stereocenters. The second kappa shape index (κ2) is 7.63. The van der Waals surface area contributed by atoms with Crippen molar-refractivity contribution in [3.8, 4) is 17.0 Å². The average molecular weight is 437 g/mol. The second-order valence-corrected chi connectivity index (χ2v) is 8.06. The number of pyridine rings is 1. The zero-order valence-electron chi connectivity index (χ0n) is 16.9. The van der Waals surface area contributed by atoms with Gasteiger partial charge in [-0.25, -0.2) is 4.52 Å². The van der Waals surface area contributed by atoms with E-state index >= 15 is 0 Å². The molecule has 0 saturated heterocycles. The summed E-state index contributed by atoms with van der Waals surface area (Å²) in [6, 6.07) is 10.9. The molecule has 8 nitrogen and oxygen atoms in total. The van der Waals surface area contributed by atoms with Crippen LogP contribution in [0.1, 0.15) is 23.2 Å². The van der Waals surface area contributed by atoms with Gasteiger partial charge in [-0.15, -0.1) is 5.10 Å². The molecule has 1 saturated carbocycles. The monoisotopic (exact) mass is 436 g/mol. The SMILES string of the molecule is COc1ccc(Cl)cc1-c1c(NC(=O)c2c(N)nn3ccccc23)cnn1CC1CC1. The normalized spacial score (nSPS) is 13.5. The summed E-state index contributed by atoms with van der Waals surface area (Å²) in [7, 11) is 1.60. The standard InChI is InChI=1S/C22H21ClN6O2/c1-31-18-8-7-14(23)10-15(18)20-16(11-25-29(20)12-13-5-6-13)26-22(30)19-17-4-2-3-9-28(17)27-21(19)24/h2-4,7-11,13H,5-6,12H2,1H3,(H2,24,27)(H,26,30). The Morgan fingerprint density at radius 3 is 2.94 bits per heavy atom. The highest BCUT2D eigenvalue weighted by molar-refractivity contribution is 6.31. The molecule has 0 bridgehead atoms. The summed E-state index contributed by atoms with van der Waals surface area (Å²) in [6.07, 6.45) is 5.75. The molecular weight excluding hydrogens is 416 g/mol. The van der Waals surface area contributed by atoms with E-state index in [4.69, 9.17) is 22.1 Å². The number of hydrogen-bond acceptors (Lipinski definition) is 5. The molecule has 1 aromatic carbocycles. The fraction of sp³-hybridized carbons (Fsp3) is 0.227. The number of fused-ring (bicyclic) bond motifs is 1. The van der Waals surface area contributed by atoms with Gasteiger partial charge in [-0.05, 0) is 49.1 Å². The van der Waals surface area contributed by atoms with Crippen molar-refractivity contribution < 1.29 is 9.53 Å². The first-order valence-corrected chi connectivity index (χ1v) is 10.4. The van der Waals surface area contributed by atoms with Gasteiger partial charge in [0.25, 0.3) is 5.91 Å². The fourth-order valence-corrected chi connectivity index (χ4v) is 3.92. The van der Waals surface area contributed by atoms with Crippen molar-refractivity contribution in [2.24, 2.45) is 5.92 Å². The topological polar surface area (TPSA) is 99.5 Å². The van der Waals surface area contributed by atoms with Crippen LogP contribution in [0.5, 0.6) is 5.75 Å². The van der Waals surface area contributed by atoms with E-state index in [1.165, 1.54) is 12.8 Å². The summed E-state index contributed by atoms with van der Waals surface area (Å²) in [5.74, 6) is 1.04. The number of carbonyl (C=O) groups excluding carboxylic acids is 1. The number of halogens is 1. The number of anilines is 2. The van der Waals surface area contributed by atoms with Crippen LogP contribution >= 0.6 is 11.6 Å². The van der Waals surface area contributed by atoms with E-state index in [1.54, 1.807) is 42.2 Å². The molecule has 1 aliphatic carbocycles. The number of carbonyl (C=O) groups is 1. The molecule has 31 heavy (non-hydrogen) atoms. The van der Waals surface area contributed by atoms with Gasteiger partial charge in [0.05, 0.1) is 30.2 Å². The van der Waals surface area contributed by atoms with Crippen LogP contribution in [-0.2, 0) is 6.54 Å². The molecule has 4 aromatic rings. The molecule has 1 fully saturated rings. The highest BCUT2D eigenvalue weighted by Gasteiger charge is 2.27. The van der Waals surface area contributed by atoms with Crippen molar-refractivity contribution in [2.45, 2.75) is 19.4 Å². The number of nitrogen functional groups attached to an aromatic ring is 1. The minimum Gasteiger partial charge on any atom is -0.496 e. The Kier molecular flexibility index (Phi) is 4.78. The molecule has 3 aromatic heterocycles. The maximum atomic E-state index is 13.2. The molecule has 0 unspecified atom stereocenters. The minimum absolute atomic E-state index is 0.163. The third kappa shape index (κ3) is 3.59. The lowest BCUT2D eigenvalue weighted by Crippen LogP contribution is -2.14. The van der Waals surface area contributed by atoms with Crippen molar-refractivity contribution >= 4 is 34.5 Å². The number of aromatic nitrogens is 4. The fourth-order valence-electron chi connectivity index (χ4n) is 3.74. The number of hydrogen-bond donors (Lipinski definition) is 2. The average Bonchev–Trinajstić information content (AvgIpc) is 3.39. The van der Waals surface area contributed by atoms with Gasteiger partial charge < -0.3 is 15.8 Å². The summed E-state index contributed by atoms with van der Waals surface area (Å²) in [5, 5.41) is 12.3. The summed E-state index contributed by atoms with van der Waals surface area (Å²) in [5.41, 5.74) is 9.06. The molecule has 3 N–H and O–H groups in total. The molecule has 3 heterocycles. The van der Waals surface area contributed by atoms with Gasteiger partial charge in [-0.1, -0.05) is 17.7 Å². The van der Waals surface area contributed by atoms with Crippen LogP contribution in [0, 0.1) is 5.92 Å². The molecule has 1 amide bonds. The van der Waals surface area contributed by atoms with E-state index in [-0.39, 0.29) is 11.7 Å². The van der Waals surface area contributed by atoms with Crippen LogP contribution in [0.15, 0.2) is 48.8 Å². The number of nitrogens with two attached hydrogens (primary N) is 1. The molecule has 0 radical (unpaired) electrons. The smallest absolute Gasteiger partial charge is 0.261 e. The van der Waals surface area contributed by atoms with E-state index < -0.39 is 0 Å². The first-order valence-electron chi connectivity index (χ1n) is 9.99.